The van der Waals surface area contributed by atoms with Gasteiger partial charge < -0.3 is 9.84 Å². The number of carboxylic acid groups (broad SMARTS) is 1. The predicted molar refractivity (Wildman–Crippen MR) is 132 cm³/mol. The molecular formula is C25H24N2O6S2. The Labute approximate surface area is 210 Å². The normalized spacial score (nSPS) is 23.8. The van der Waals surface area contributed by atoms with E-state index in [1.807, 2.05) is 0 Å². The fourth-order valence-corrected chi connectivity index (χ4v) is 8.09. The molecule has 3 aliphatic heterocycles. The summed E-state index contributed by atoms with van der Waals surface area (Å²) < 4.78 is 5.48. The Kier molecular flexibility index (Phi) is 6.61. The number of thioether (sulfide) groups is 2. The van der Waals surface area contributed by atoms with Crippen LogP contribution in [0.3, 0.4) is 0 Å². The Hall–Kier alpha value is -2.82. The van der Waals surface area contributed by atoms with Crippen molar-refractivity contribution in [3.8, 4) is 0 Å². The molecule has 3 heterocycles. The van der Waals surface area contributed by atoms with Crippen molar-refractivity contribution in [2.24, 2.45) is 0 Å². The lowest BCUT2D eigenvalue weighted by atomic mass is 9.92. The van der Waals surface area contributed by atoms with Crippen molar-refractivity contribution in [3.63, 3.8) is 0 Å². The van der Waals surface area contributed by atoms with Crippen LogP contribution in [0.2, 0.25) is 0 Å². The first-order valence-corrected chi connectivity index (χ1v) is 13.4. The van der Waals surface area contributed by atoms with Gasteiger partial charge in [-0.3, -0.25) is 24.5 Å². The molecule has 3 atom stereocenters. The second kappa shape index (κ2) is 9.67. The third-order valence-electron chi connectivity index (χ3n) is 6.56. The van der Waals surface area contributed by atoms with E-state index < -0.39 is 46.1 Å². The van der Waals surface area contributed by atoms with Gasteiger partial charge in [-0.2, -0.15) is 11.8 Å². The molecule has 10 heteroatoms. The second-order valence-electron chi connectivity index (χ2n) is 8.71. The van der Waals surface area contributed by atoms with Crippen LogP contribution in [-0.4, -0.2) is 61.4 Å². The van der Waals surface area contributed by atoms with Crippen LogP contribution >= 0.6 is 23.5 Å². The molecule has 0 radical (unpaired) electrons. The average Bonchev–Trinajstić information content (AvgIpc) is 3.32. The van der Waals surface area contributed by atoms with Crippen LogP contribution in [-0.2, 0) is 14.3 Å². The van der Waals surface area contributed by atoms with Crippen molar-refractivity contribution in [2.45, 2.75) is 41.7 Å². The number of fused-ring (bicyclic) bond motifs is 1. The van der Waals surface area contributed by atoms with Crippen LogP contribution in [0.4, 0.5) is 0 Å². The predicted octanol–water partition coefficient (Wildman–Crippen LogP) is 3.30. The summed E-state index contributed by atoms with van der Waals surface area (Å²) in [6, 6.07) is 14.5. The van der Waals surface area contributed by atoms with Crippen LogP contribution in [0.15, 0.2) is 54.6 Å². The molecular weight excluding hydrogens is 488 g/mol. The van der Waals surface area contributed by atoms with Crippen molar-refractivity contribution in [1.82, 2.24) is 10.2 Å². The summed E-state index contributed by atoms with van der Waals surface area (Å²) in [4.78, 5) is 52.5. The van der Waals surface area contributed by atoms with Crippen molar-refractivity contribution in [3.05, 3.63) is 71.3 Å². The van der Waals surface area contributed by atoms with E-state index in [9.17, 15) is 24.3 Å². The molecule has 2 saturated heterocycles. The van der Waals surface area contributed by atoms with Gasteiger partial charge in [0.15, 0.2) is 0 Å². The van der Waals surface area contributed by atoms with Crippen LogP contribution in [0.5, 0.6) is 0 Å². The zero-order valence-electron chi connectivity index (χ0n) is 18.7. The first-order valence-electron chi connectivity index (χ1n) is 11.4. The number of hydrogen-bond acceptors (Lipinski definition) is 8. The SMILES string of the molecule is O=C(O)CC1NC(C(=O)OC(c2ccccc2)N2C(=O)c3ccccc3C2=O)C2(CCSCC2)S1. The minimum absolute atomic E-state index is 0.121. The van der Waals surface area contributed by atoms with Crippen molar-refractivity contribution in [1.29, 1.82) is 0 Å². The zero-order valence-corrected chi connectivity index (χ0v) is 20.3. The zero-order chi connectivity index (χ0) is 24.6. The molecule has 0 saturated carbocycles. The topological polar surface area (TPSA) is 113 Å². The monoisotopic (exact) mass is 512 g/mol. The van der Waals surface area contributed by atoms with Crippen molar-refractivity contribution < 1.29 is 29.0 Å². The summed E-state index contributed by atoms with van der Waals surface area (Å²) in [5, 5.41) is 12.1. The Morgan fingerprint density at radius 2 is 1.63 bits per heavy atom. The van der Waals surface area contributed by atoms with Gasteiger partial charge in [0.2, 0.25) is 6.23 Å². The maximum Gasteiger partial charge on any atom is 0.326 e. The molecule has 8 nitrogen and oxygen atoms in total. The average molecular weight is 513 g/mol. The number of aliphatic carboxylic acids is 1. The van der Waals surface area contributed by atoms with Gasteiger partial charge >= 0.3 is 11.9 Å². The first-order chi connectivity index (χ1) is 16.9. The fraction of sp³-hybridized carbons (Fsp3) is 0.360. The number of amides is 2. The lowest BCUT2D eigenvalue weighted by Crippen LogP contribution is -2.51. The van der Waals surface area contributed by atoms with E-state index in [1.54, 1.807) is 66.4 Å². The molecule has 35 heavy (non-hydrogen) atoms. The van der Waals surface area contributed by atoms with Crippen LogP contribution in [0.1, 0.15) is 51.8 Å². The highest BCUT2D eigenvalue weighted by molar-refractivity contribution is 8.02. The van der Waals surface area contributed by atoms with Gasteiger partial charge in [0.1, 0.15) is 6.04 Å². The van der Waals surface area contributed by atoms with E-state index in [0.29, 0.717) is 5.56 Å². The fourth-order valence-electron chi connectivity index (χ4n) is 4.88. The number of carbonyl (C=O) groups is 4. The minimum Gasteiger partial charge on any atom is -0.481 e. The molecule has 0 aliphatic carbocycles. The third kappa shape index (κ3) is 4.46. The van der Waals surface area contributed by atoms with E-state index in [-0.39, 0.29) is 17.5 Å². The van der Waals surface area contributed by atoms with E-state index in [4.69, 9.17) is 4.74 Å². The highest BCUT2D eigenvalue weighted by atomic mass is 32.2. The number of rotatable bonds is 6. The summed E-state index contributed by atoms with van der Waals surface area (Å²) in [7, 11) is 0. The van der Waals surface area contributed by atoms with Crippen LogP contribution in [0.25, 0.3) is 0 Å². The van der Waals surface area contributed by atoms with E-state index in [0.717, 1.165) is 29.2 Å². The smallest absolute Gasteiger partial charge is 0.326 e. The van der Waals surface area contributed by atoms with E-state index >= 15 is 0 Å². The third-order valence-corrected chi connectivity index (χ3v) is 9.25. The molecule has 182 valence electrons. The lowest BCUT2D eigenvalue weighted by molar-refractivity contribution is -0.159. The largest absolute Gasteiger partial charge is 0.481 e. The maximum absolute atomic E-state index is 13.7. The summed E-state index contributed by atoms with van der Waals surface area (Å²) in [6.45, 7) is 0. The Morgan fingerprint density at radius 3 is 2.23 bits per heavy atom. The van der Waals surface area contributed by atoms with Crippen molar-refractivity contribution in [2.75, 3.05) is 11.5 Å². The summed E-state index contributed by atoms with van der Waals surface area (Å²) >= 11 is 3.29. The Morgan fingerprint density at radius 1 is 1.03 bits per heavy atom. The quantitative estimate of drug-likeness (QED) is 0.445. The molecule has 2 fully saturated rings. The molecule has 2 amide bonds. The van der Waals surface area contributed by atoms with Gasteiger partial charge in [0, 0.05) is 10.3 Å². The summed E-state index contributed by atoms with van der Waals surface area (Å²) in [6.07, 6.45) is 0.100. The van der Waals surface area contributed by atoms with Crippen LogP contribution in [0, 0.1) is 0 Å². The molecule has 2 N–H and O–H groups in total. The number of hydrogen-bond donors (Lipinski definition) is 2. The van der Waals surface area contributed by atoms with Gasteiger partial charge in [-0.1, -0.05) is 42.5 Å². The number of nitrogens with one attached hydrogen (secondary N) is 1. The van der Waals surface area contributed by atoms with Crippen LogP contribution < -0.4 is 5.32 Å². The van der Waals surface area contributed by atoms with Gasteiger partial charge in [-0.05, 0) is 36.5 Å². The van der Waals surface area contributed by atoms with Gasteiger partial charge in [0.25, 0.3) is 11.8 Å². The number of carbonyl (C=O) groups excluding carboxylic acids is 3. The molecule has 2 aromatic rings. The molecule has 1 spiro atoms. The number of benzene rings is 2. The molecule has 3 aliphatic rings. The summed E-state index contributed by atoms with van der Waals surface area (Å²) in [5.74, 6) is -0.861. The molecule has 2 aromatic carbocycles. The number of esters is 1. The second-order valence-corrected chi connectivity index (χ2v) is 11.5. The number of imide groups is 1. The maximum atomic E-state index is 13.7. The Balaban J connectivity index is 1.46. The minimum atomic E-state index is -1.24. The highest BCUT2D eigenvalue weighted by Gasteiger charge is 2.54. The lowest BCUT2D eigenvalue weighted by Gasteiger charge is -2.37. The van der Waals surface area contributed by atoms with E-state index in [1.165, 1.54) is 11.8 Å². The molecule has 3 unspecified atom stereocenters. The number of nitrogens with zero attached hydrogens (tertiary/aromatic N) is 1. The van der Waals surface area contributed by atoms with Gasteiger partial charge in [0.05, 0.1) is 22.9 Å². The molecule has 0 bridgehead atoms. The number of carboxylic acids is 1. The molecule has 5 rings (SSSR count). The van der Waals surface area contributed by atoms with E-state index in [2.05, 4.69) is 5.32 Å². The van der Waals surface area contributed by atoms with Gasteiger partial charge in [-0.25, -0.2) is 4.90 Å². The Bertz CT molecular complexity index is 1130. The number of ether oxygens (including phenoxy) is 1. The molecule has 0 aromatic heterocycles. The van der Waals surface area contributed by atoms with Gasteiger partial charge in [-0.15, -0.1) is 11.8 Å². The first kappa shape index (κ1) is 23.9. The summed E-state index contributed by atoms with van der Waals surface area (Å²) in [5.41, 5.74) is 1.04. The standard InChI is InChI=1S/C25H24N2O6S2/c28-19(29)14-18-26-20(25(35-18)10-12-34-13-11-25)24(32)33-23(15-6-2-1-3-7-15)27-21(30)16-8-4-5-9-17(16)22(27)31/h1-9,18,20,23,26H,10-14H2,(H,28,29). The van der Waals surface area contributed by atoms with Crippen molar-refractivity contribution >= 4 is 47.3 Å². The highest BCUT2D eigenvalue weighted by Crippen LogP contribution is 2.49.